The number of hydrogen-bond donors (Lipinski definition) is 1. The van der Waals surface area contributed by atoms with E-state index in [4.69, 9.17) is 0 Å². The van der Waals surface area contributed by atoms with E-state index >= 15 is 0 Å². The maximum atomic E-state index is 12.5. The summed E-state index contributed by atoms with van der Waals surface area (Å²) >= 11 is 3.39. The quantitative estimate of drug-likeness (QED) is 0.760. The van der Waals surface area contributed by atoms with Crippen LogP contribution in [0.2, 0.25) is 0 Å². The molecule has 20 heavy (non-hydrogen) atoms. The molecule has 0 aliphatic carbocycles. The number of anilines is 1. The van der Waals surface area contributed by atoms with Crippen molar-refractivity contribution < 1.29 is 13.2 Å². The predicted molar refractivity (Wildman–Crippen MR) is 77.6 cm³/mol. The Balaban J connectivity index is 2.10. The predicted octanol–water partition coefficient (Wildman–Crippen LogP) is 5.64. The standard InChI is InChI=1S/C15H13BrF3N/c1-10(11-3-2-4-13(16)9-11)20-14-7-5-12(6-8-14)15(17,18)19/h2-10,20H,1H3. The molecule has 0 radical (unpaired) electrons. The van der Waals surface area contributed by atoms with Gasteiger partial charge in [0.05, 0.1) is 5.56 Å². The van der Waals surface area contributed by atoms with Crippen molar-refractivity contribution in [3.8, 4) is 0 Å². The van der Waals surface area contributed by atoms with Crippen molar-refractivity contribution >= 4 is 21.6 Å². The molecule has 1 N–H and O–H groups in total. The number of rotatable bonds is 3. The normalized spacial score (nSPS) is 13.1. The number of alkyl halides is 3. The van der Waals surface area contributed by atoms with Crippen molar-refractivity contribution in [1.82, 2.24) is 0 Å². The van der Waals surface area contributed by atoms with Crippen LogP contribution in [0.4, 0.5) is 18.9 Å². The molecule has 2 aromatic rings. The molecule has 1 atom stereocenters. The van der Waals surface area contributed by atoms with Crippen molar-refractivity contribution in [2.45, 2.75) is 19.1 Å². The van der Waals surface area contributed by atoms with E-state index in [9.17, 15) is 13.2 Å². The van der Waals surface area contributed by atoms with Crippen LogP contribution in [0.25, 0.3) is 0 Å². The van der Waals surface area contributed by atoms with E-state index in [0.29, 0.717) is 5.69 Å². The Labute approximate surface area is 123 Å². The third-order valence-electron chi connectivity index (χ3n) is 2.94. The summed E-state index contributed by atoms with van der Waals surface area (Å²) in [5, 5.41) is 3.18. The maximum Gasteiger partial charge on any atom is 0.416 e. The summed E-state index contributed by atoms with van der Waals surface area (Å²) < 4.78 is 38.4. The van der Waals surface area contributed by atoms with Crippen molar-refractivity contribution in [2.75, 3.05) is 5.32 Å². The van der Waals surface area contributed by atoms with Crippen LogP contribution in [0.3, 0.4) is 0 Å². The molecule has 0 bridgehead atoms. The topological polar surface area (TPSA) is 12.0 Å². The highest BCUT2D eigenvalue weighted by Gasteiger charge is 2.29. The van der Waals surface area contributed by atoms with Crippen LogP contribution in [0.5, 0.6) is 0 Å². The summed E-state index contributed by atoms with van der Waals surface area (Å²) in [5.41, 5.74) is 1.07. The zero-order valence-electron chi connectivity index (χ0n) is 10.7. The number of hydrogen-bond acceptors (Lipinski definition) is 1. The van der Waals surface area contributed by atoms with Crippen LogP contribution in [-0.4, -0.2) is 0 Å². The first-order valence-corrected chi connectivity index (χ1v) is 6.85. The van der Waals surface area contributed by atoms with Gasteiger partial charge < -0.3 is 5.32 Å². The monoisotopic (exact) mass is 343 g/mol. The average molecular weight is 344 g/mol. The maximum absolute atomic E-state index is 12.5. The van der Waals surface area contributed by atoms with Crippen LogP contribution in [-0.2, 0) is 6.18 Å². The minimum Gasteiger partial charge on any atom is -0.379 e. The molecule has 0 heterocycles. The Morgan fingerprint density at radius 3 is 2.25 bits per heavy atom. The lowest BCUT2D eigenvalue weighted by Crippen LogP contribution is -2.08. The minimum absolute atomic E-state index is 0.00392. The molecule has 106 valence electrons. The van der Waals surface area contributed by atoms with Crippen LogP contribution >= 0.6 is 15.9 Å². The van der Waals surface area contributed by atoms with Gasteiger partial charge >= 0.3 is 6.18 Å². The first-order chi connectivity index (χ1) is 9.36. The summed E-state index contributed by atoms with van der Waals surface area (Å²) in [5.74, 6) is 0. The summed E-state index contributed by atoms with van der Waals surface area (Å²) in [4.78, 5) is 0. The van der Waals surface area contributed by atoms with Gasteiger partial charge in [-0.2, -0.15) is 13.2 Å². The molecule has 2 rings (SSSR count). The van der Waals surface area contributed by atoms with Crippen LogP contribution in [0, 0.1) is 0 Å². The van der Waals surface area contributed by atoms with E-state index in [0.717, 1.165) is 22.2 Å². The van der Waals surface area contributed by atoms with Gasteiger partial charge in [0.2, 0.25) is 0 Å². The van der Waals surface area contributed by atoms with Gasteiger partial charge in [-0.15, -0.1) is 0 Å². The van der Waals surface area contributed by atoms with Gasteiger partial charge in [0.1, 0.15) is 0 Å². The Bertz CT molecular complexity index is 578. The first kappa shape index (κ1) is 14.9. The third-order valence-corrected chi connectivity index (χ3v) is 3.44. The molecule has 1 unspecified atom stereocenters. The number of nitrogens with one attached hydrogen (secondary N) is 1. The highest BCUT2D eigenvalue weighted by Crippen LogP contribution is 2.30. The van der Waals surface area contributed by atoms with E-state index in [-0.39, 0.29) is 6.04 Å². The van der Waals surface area contributed by atoms with E-state index in [1.165, 1.54) is 12.1 Å². The zero-order chi connectivity index (χ0) is 14.8. The second-order valence-corrected chi connectivity index (χ2v) is 5.41. The van der Waals surface area contributed by atoms with Crippen LogP contribution in [0.15, 0.2) is 53.0 Å². The molecule has 0 spiro atoms. The summed E-state index contributed by atoms with van der Waals surface area (Å²) in [6.45, 7) is 1.96. The van der Waals surface area contributed by atoms with Gasteiger partial charge in [-0.25, -0.2) is 0 Å². The van der Waals surface area contributed by atoms with Crippen LogP contribution < -0.4 is 5.32 Å². The SMILES string of the molecule is CC(Nc1ccc(C(F)(F)F)cc1)c1cccc(Br)c1. The van der Waals surface area contributed by atoms with Gasteiger partial charge in [-0.1, -0.05) is 28.1 Å². The lowest BCUT2D eigenvalue weighted by atomic mass is 10.1. The Morgan fingerprint density at radius 1 is 1.05 bits per heavy atom. The molecule has 0 saturated carbocycles. The molecular weight excluding hydrogens is 331 g/mol. The Hall–Kier alpha value is -1.49. The van der Waals surface area contributed by atoms with Gasteiger partial charge in [0.25, 0.3) is 0 Å². The van der Waals surface area contributed by atoms with Crippen molar-refractivity contribution in [2.24, 2.45) is 0 Å². The molecule has 1 nitrogen and oxygen atoms in total. The Kier molecular flexibility index (Phi) is 4.38. The lowest BCUT2D eigenvalue weighted by Gasteiger charge is -2.16. The van der Waals surface area contributed by atoms with E-state index in [2.05, 4.69) is 21.2 Å². The first-order valence-electron chi connectivity index (χ1n) is 6.05. The molecule has 0 saturated heterocycles. The average Bonchev–Trinajstić information content (AvgIpc) is 2.38. The van der Waals surface area contributed by atoms with Gasteiger partial charge in [0.15, 0.2) is 0 Å². The largest absolute Gasteiger partial charge is 0.416 e. The summed E-state index contributed by atoms with van der Waals surface area (Å²) in [7, 11) is 0. The number of benzene rings is 2. The zero-order valence-corrected chi connectivity index (χ0v) is 12.3. The van der Waals surface area contributed by atoms with Gasteiger partial charge in [-0.05, 0) is 48.9 Å². The molecule has 5 heteroatoms. The molecule has 0 aromatic heterocycles. The fraction of sp³-hybridized carbons (Fsp3) is 0.200. The molecule has 0 amide bonds. The smallest absolute Gasteiger partial charge is 0.379 e. The van der Waals surface area contributed by atoms with E-state index < -0.39 is 11.7 Å². The van der Waals surface area contributed by atoms with Crippen LogP contribution in [0.1, 0.15) is 24.1 Å². The number of halogens is 4. The molecule has 0 fully saturated rings. The molecule has 2 aromatic carbocycles. The highest BCUT2D eigenvalue weighted by molar-refractivity contribution is 9.10. The molecular formula is C15H13BrF3N. The van der Waals surface area contributed by atoms with Gasteiger partial charge in [-0.3, -0.25) is 0 Å². The summed E-state index contributed by atoms with van der Waals surface area (Å²) in [6, 6.07) is 12.8. The van der Waals surface area contributed by atoms with Crippen molar-refractivity contribution in [3.63, 3.8) is 0 Å². The van der Waals surface area contributed by atoms with E-state index in [1.54, 1.807) is 0 Å². The van der Waals surface area contributed by atoms with E-state index in [1.807, 2.05) is 31.2 Å². The minimum atomic E-state index is -4.30. The molecule has 0 aliphatic rings. The lowest BCUT2D eigenvalue weighted by molar-refractivity contribution is -0.137. The Morgan fingerprint density at radius 2 is 1.70 bits per heavy atom. The van der Waals surface area contributed by atoms with Crippen molar-refractivity contribution in [3.05, 3.63) is 64.1 Å². The fourth-order valence-corrected chi connectivity index (χ4v) is 2.28. The summed E-state index contributed by atoms with van der Waals surface area (Å²) in [6.07, 6.45) is -4.30. The van der Waals surface area contributed by atoms with Crippen molar-refractivity contribution in [1.29, 1.82) is 0 Å². The third kappa shape index (κ3) is 3.76. The molecule has 0 aliphatic heterocycles. The second kappa shape index (κ2) is 5.87. The van der Waals surface area contributed by atoms with Gasteiger partial charge in [0, 0.05) is 16.2 Å². The highest BCUT2D eigenvalue weighted by atomic mass is 79.9. The fourth-order valence-electron chi connectivity index (χ4n) is 1.86. The second-order valence-electron chi connectivity index (χ2n) is 4.50.